The minimum absolute atomic E-state index is 0.00605. The lowest BCUT2D eigenvalue weighted by Crippen LogP contribution is -2.60. The molecule has 5 heterocycles. The van der Waals surface area contributed by atoms with Crippen molar-refractivity contribution in [3.63, 3.8) is 0 Å². The van der Waals surface area contributed by atoms with Crippen molar-refractivity contribution in [1.82, 2.24) is 29.5 Å². The highest BCUT2D eigenvalue weighted by atomic mass is 35.5. The number of anilines is 3. The summed E-state index contributed by atoms with van der Waals surface area (Å²) in [6, 6.07) is 21.0. The maximum absolute atomic E-state index is 15.0. The van der Waals surface area contributed by atoms with Crippen LogP contribution in [0.15, 0.2) is 83.9 Å². The second-order valence-corrected chi connectivity index (χ2v) is 24.6. The quantitative estimate of drug-likeness (QED) is 0.0587. The Hall–Kier alpha value is -6.09. The number of aromatic nitrogens is 3. The molecule has 2 aromatic carbocycles. The number of ether oxygens (including phenoxy) is 3. The van der Waals surface area contributed by atoms with Gasteiger partial charge in [-0.25, -0.2) is 32.5 Å². The van der Waals surface area contributed by atoms with Gasteiger partial charge in [0.15, 0.2) is 5.75 Å². The average molecular weight is 1110 g/mol. The molecule has 4 fully saturated rings. The fourth-order valence-electron chi connectivity index (χ4n) is 12.3. The van der Waals surface area contributed by atoms with Gasteiger partial charge in [0.2, 0.25) is 5.88 Å². The Morgan fingerprint density at radius 2 is 1.73 bits per heavy atom. The van der Waals surface area contributed by atoms with Crippen LogP contribution >= 0.6 is 11.6 Å². The van der Waals surface area contributed by atoms with Crippen molar-refractivity contribution >= 4 is 50.6 Å². The highest BCUT2D eigenvalue weighted by Crippen LogP contribution is 2.54. The first-order valence-corrected chi connectivity index (χ1v) is 28.9. The number of fused-ring (bicyclic) bond motifs is 1. The van der Waals surface area contributed by atoms with Gasteiger partial charge >= 0.3 is 0 Å². The third kappa shape index (κ3) is 11.9. The van der Waals surface area contributed by atoms with Crippen LogP contribution in [-0.2, 0) is 23.0 Å². The van der Waals surface area contributed by atoms with Crippen molar-refractivity contribution in [2.75, 3.05) is 75.8 Å². The fourth-order valence-corrected chi connectivity index (χ4v) is 13.4. The Kier molecular flexibility index (Phi) is 16.0. The number of amides is 1. The minimum Gasteiger partial charge on any atom is -0.758 e. The lowest BCUT2D eigenvalue weighted by molar-refractivity contribution is -0.0628. The predicted molar refractivity (Wildman–Crippen MR) is 300 cm³/mol. The van der Waals surface area contributed by atoms with E-state index in [1.165, 1.54) is 49.6 Å². The van der Waals surface area contributed by atoms with Crippen LogP contribution in [0.25, 0.3) is 5.83 Å². The molecular formula is C58H70ClFN9O8S-. The zero-order valence-electron chi connectivity index (χ0n) is 45.2. The van der Waals surface area contributed by atoms with Gasteiger partial charge in [0.1, 0.15) is 27.4 Å². The number of aliphatic hydroxyl groups is 1. The summed E-state index contributed by atoms with van der Waals surface area (Å²) in [7, 11) is -0.345. The lowest BCUT2D eigenvalue weighted by atomic mass is 9.59. The molecule has 3 aliphatic carbocycles. The van der Waals surface area contributed by atoms with Crippen molar-refractivity contribution in [2.45, 2.75) is 114 Å². The normalized spacial score (nSPS) is 21.7. The average Bonchev–Trinajstić information content (AvgIpc) is 3.83. The Morgan fingerprint density at radius 1 is 0.974 bits per heavy atom. The van der Waals surface area contributed by atoms with Gasteiger partial charge in [-0.05, 0) is 136 Å². The van der Waals surface area contributed by atoms with Crippen molar-refractivity contribution < 1.29 is 36.9 Å². The van der Waals surface area contributed by atoms with Gasteiger partial charge in [-0.3, -0.25) is 14.6 Å². The third-order valence-corrected chi connectivity index (χ3v) is 18.3. The van der Waals surface area contributed by atoms with Gasteiger partial charge in [-0.1, -0.05) is 49.7 Å². The van der Waals surface area contributed by atoms with E-state index in [0.717, 1.165) is 95.2 Å². The first-order chi connectivity index (χ1) is 37.3. The summed E-state index contributed by atoms with van der Waals surface area (Å²) in [5.41, 5.74) is 4.61. The van der Waals surface area contributed by atoms with E-state index in [9.17, 15) is 23.5 Å². The van der Waals surface area contributed by atoms with Gasteiger partial charge in [0, 0.05) is 93.9 Å². The van der Waals surface area contributed by atoms with E-state index >= 15 is 4.39 Å². The standard InChI is InChI=1S/C58H70ClFN9O8S/c1-36(2)42-9-7-8-10-43(42)49-35-67(34-38-25-52(59)64-53(26-38)75-5)23-24-69(49)40-30-58(31-40)19-21-68(22-20-58)39-11-12-44(50(27-39)77-51-29-45-46(60)13-14-47(45)63-56(51)76-6)55(70)65-78(73,74)41-28-48(66(4)72)54(62-33-41)61-32-37-15-17-57(3,71)18-16-37/h7-13,25-29,33,36-37,40,49,71H,14-24,30-32,34-35H2,1-6H3,(H,61,62)(H,65,70)/q-1/t37?,49-,57?/m0/s1. The van der Waals surface area contributed by atoms with Crippen LogP contribution in [0.1, 0.15) is 122 Å². The molecule has 1 spiro atoms. The number of nitrogens with zero attached hydrogens (tertiary/aromatic N) is 7. The summed E-state index contributed by atoms with van der Waals surface area (Å²) in [5.74, 6) is -0.0377. The number of hydrogen-bond acceptors (Lipinski definition) is 16. The smallest absolute Gasteiger partial charge is 0.268 e. The molecular weight excluding hydrogens is 1040 g/mol. The second kappa shape index (κ2) is 22.6. The minimum atomic E-state index is -4.60. The maximum Gasteiger partial charge on any atom is 0.268 e. The number of carbonyl (C=O) groups is 1. The summed E-state index contributed by atoms with van der Waals surface area (Å²) >= 11 is 6.40. The number of nitrogens with one attached hydrogen (secondary N) is 2. The zero-order chi connectivity index (χ0) is 55.1. The van der Waals surface area contributed by atoms with Crippen LogP contribution in [0, 0.1) is 16.5 Å². The Balaban J connectivity index is 0.855. The molecule has 10 rings (SSSR count). The number of piperidine rings is 1. The monoisotopic (exact) mass is 1110 g/mol. The van der Waals surface area contributed by atoms with Crippen molar-refractivity contribution in [1.29, 1.82) is 0 Å². The van der Waals surface area contributed by atoms with Crippen LogP contribution in [0.3, 0.4) is 0 Å². The largest absolute Gasteiger partial charge is 0.758 e. The number of benzene rings is 2. The fraction of sp³-hybridized carbons (Fsp3) is 0.483. The Morgan fingerprint density at radius 3 is 2.45 bits per heavy atom. The van der Waals surface area contributed by atoms with Crippen molar-refractivity contribution in [3.05, 3.63) is 123 Å². The summed E-state index contributed by atoms with van der Waals surface area (Å²) in [6.07, 6.45) is 9.76. The molecule has 0 bridgehead atoms. The van der Waals surface area contributed by atoms with E-state index in [0.29, 0.717) is 53.1 Å². The zero-order valence-corrected chi connectivity index (χ0v) is 46.8. The topological polar surface area (TPSA) is 198 Å². The summed E-state index contributed by atoms with van der Waals surface area (Å²) < 4.78 is 62.7. The number of rotatable bonds is 17. The molecule has 2 aliphatic heterocycles. The van der Waals surface area contributed by atoms with Gasteiger partial charge < -0.3 is 39.8 Å². The Bertz CT molecular complexity index is 3170. The molecule has 5 aliphatic rings. The number of pyridine rings is 3. The van der Waals surface area contributed by atoms with E-state index in [1.807, 2.05) is 19.1 Å². The SMILES string of the molecule is COc1cc(CN2CCN(C3CC4(CCN(c5ccc(C(=O)NS(=O)(=O)c6cnc(NCC7CCC(C)(O)CC7)c(N(C)[O-])c6)c(Oc6cc7c(nc6OC)CC=C7F)c5)CC4)C3)[C@H](c3ccccc3C(C)C)C2)cc(Cl)n1. The molecule has 3 aromatic heterocycles. The highest BCUT2D eigenvalue weighted by molar-refractivity contribution is 7.90. The van der Waals surface area contributed by atoms with E-state index in [2.05, 4.69) is 77.8 Å². The first-order valence-electron chi connectivity index (χ1n) is 27.0. The number of carbonyl (C=O) groups excluding carboxylic acids is 1. The van der Waals surface area contributed by atoms with Gasteiger partial charge in [0.25, 0.3) is 21.8 Å². The third-order valence-electron chi connectivity index (χ3n) is 16.8. The van der Waals surface area contributed by atoms with Crippen LogP contribution in [-0.4, -0.2) is 116 Å². The summed E-state index contributed by atoms with van der Waals surface area (Å²) in [6.45, 7) is 11.8. The number of hydrogen-bond donors (Lipinski definition) is 3. The lowest BCUT2D eigenvalue weighted by Gasteiger charge is -2.58. The molecule has 17 nitrogen and oxygen atoms in total. The molecule has 0 unspecified atom stereocenters. The molecule has 2 saturated carbocycles. The van der Waals surface area contributed by atoms with E-state index < -0.39 is 32.3 Å². The molecule has 1 atom stereocenters. The molecule has 2 saturated heterocycles. The summed E-state index contributed by atoms with van der Waals surface area (Å²) in [5, 5.41) is 27.3. The molecule has 1 amide bonds. The molecule has 20 heteroatoms. The van der Waals surface area contributed by atoms with Crippen LogP contribution in [0.2, 0.25) is 5.15 Å². The molecule has 78 heavy (non-hydrogen) atoms. The Labute approximate surface area is 461 Å². The van der Waals surface area contributed by atoms with Gasteiger partial charge in [-0.2, -0.15) is 0 Å². The predicted octanol–water partition coefficient (Wildman–Crippen LogP) is 10.0. The van der Waals surface area contributed by atoms with Crippen LogP contribution in [0.5, 0.6) is 23.3 Å². The van der Waals surface area contributed by atoms with E-state index in [-0.39, 0.29) is 63.8 Å². The number of piperazine rings is 1. The summed E-state index contributed by atoms with van der Waals surface area (Å²) in [4.78, 5) is 34.5. The molecule has 0 radical (unpaired) electrons. The second-order valence-electron chi connectivity index (χ2n) is 22.5. The number of halogens is 2. The number of methoxy groups -OCH3 is 2. The molecule has 3 N–H and O–H groups in total. The first kappa shape index (κ1) is 55.2. The van der Waals surface area contributed by atoms with Gasteiger partial charge in [-0.15, -0.1) is 0 Å². The number of sulfonamides is 1. The van der Waals surface area contributed by atoms with Crippen molar-refractivity contribution in [3.8, 4) is 23.3 Å². The molecule has 5 aromatic rings. The van der Waals surface area contributed by atoms with E-state index in [4.69, 9.17) is 25.8 Å². The van der Waals surface area contributed by atoms with Crippen LogP contribution < -0.4 is 34.2 Å². The maximum atomic E-state index is 15.0. The molecule has 416 valence electrons. The van der Waals surface area contributed by atoms with E-state index in [1.54, 1.807) is 19.2 Å². The van der Waals surface area contributed by atoms with Crippen molar-refractivity contribution in [2.24, 2.45) is 11.3 Å². The van der Waals surface area contributed by atoms with Crippen LogP contribution in [0.4, 0.5) is 21.6 Å². The number of hydroxylamine groups is 1. The van der Waals surface area contributed by atoms with Gasteiger partial charge in [0.05, 0.1) is 36.8 Å². The highest BCUT2D eigenvalue weighted by Gasteiger charge is 2.50. The number of allylic oxidation sites excluding steroid dienone is 1.